The topological polar surface area (TPSA) is 75.6 Å². The molecule has 0 aliphatic carbocycles. The van der Waals surface area contributed by atoms with Crippen LogP contribution in [-0.2, 0) is 16.0 Å². The van der Waals surface area contributed by atoms with Gasteiger partial charge in [-0.05, 0) is 18.1 Å². The van der Waals surface area contributed by atoms with Crippen LogP contribution in [0.5, 0.6) is 0 Å². The number of nitrogens with one attached hydrogen (secondary N) is 1. The van der Waals surface area contributed by atoms with E-state index in [0.717, 1.165) is 5.56 Å². The van der Waals surface area contributed by atoms with E-state index in [0.29, 0.717) is 12.1 Å². The summed E-state index contributed by atoms with van der Waals surface area (Å²) in [5.41, 5.74) is 1.35. The van der Waals surface area contributed by atoms with E-state index in [1.807, 2.05) is 0 Å². The van der Waals surface area contributed by atoms with Gasteiger partial charge in [0.15, 0.2) is 0 Å². The summed E-state index contributed by atoms with van der Waals surface area (Å²) < 4.78 is 4.47. The molecule has 0 aliphatic rings. The zero-order valence-electron chi connectivity index (χ0n) is 8.90. The molecule has 0 aromatic heterocycles. The largest absolute Gasteiger partial charge is 0.481 e. The van der Waals surface area contributed by atoms with Crippen LogP contribution in [0.3, 0.4) is 0 Å². The number of rotatable bonds is 4. The number of benzene rings is 1. The molecule has 5 nitrogen and oxygen atoms in total. The second-order valence-corrected chi connectivity index (χ2v) is 3.17. The van der Waals surface area contributed by atoms with Gasteiger partial charge >= 0.3 is 12.1 Å². The third-order valence-electron chi connectivity index (χ3n) is 2.05. The van der Waals surface area contributed by atoms with Gasteiger partial charge in [-0.2, -0.15) is 0 Å². The van der Waals surface area contributed by atoms with Gasteiger partial charge in [0.1, 0.15) is 0 Å². The Kier molecular flexibility index (Phi) is 4.32. The first-order valence-corrected chi connectivity index (χ1v) is 4.78. The molecule has 0 fully saturated rings. The smallest absolute Gasteiger partial charge is 0.411 e. The number of carbonyl (C=O) groups excluding carboxylic acids is 1. The van der Waals surface area contributed by atoms with Gasteiger partial charge in [-0.3, -0.25) is 10.1 Å². The Bertz CT molecular complexity index is 389. The third kappa shape index (κ3) is 3.61. The summed E-state index contributed by atoms with van der Waals surface area (Å²) in [5.74, 6) is -0.868. The second-order valence-electron chi connectivity index (χ2n) is 3.17. The van der Waals surface area contributed by atoms with Crippen molar-refractivity contribution in [1.29, 1.82) is 0 Å². The number of hydrogen-bond acceptors (Lipinski definition) is 3. The minimum Gasteiger partial charge on any atom is -0.481 e. The molecule has 1 rings (SSSR count). The standard InChI is InChI=1S/C11H13NO4/c1-16-11(15)12-9-5-3-2-4-8(9)6-7-10(13)14/h2-5H,6-7H2,1H3,(H,12,15)(H,13,14). The van der Waals surface area contributed by atoms with Gasteiger partial charge < -0.3 is 9.84 Å². The summed E-state index contributed by atoms with van der Waals surface area (Å²) in [7, 11) is 1.27. The number of aliphatic carboxylic acids is 1. The number of amides is 1. The van der Waals surface area contributed by atoms with Crippen LogP contribution in [0.25, 0.3) is 0 Å². The first-order valence-electron chi connectivity index (χ1n) is 4.78. The fraction of sp³-hybridized carbons (Fsp3) is 0.273. The van der Waals surface area contributed by atoms with Crippen LogP contribution in [0.2, 0.25) is 0 Å². The predicted octanol–water partition coefficient (Wildman–Crippen LogP) is 1.88. The van der Waals surface area contributed by atoms with Crippen molar-refractivity contribution in [2.24, 2.45) is 0 Å². The van der Waals surface area contributed by atoms with Crippen LogP contribution < -0.4 is 5.32 Å². The van der Waals surface area contributed by atoms with Crippen molar-refractivity contribution >= 4 is 17.7 Å². The minimum absolute atomic E-state index is 0.0276. The molecule has 16 heavy (non-hydrogen) atoms. The fourth-order valence-corrected chi connectivity index (χ4v) is 1.26. The molecule has 0 saturated heterocycles. The molecule has 1 aromatic carbocycles. The fourth-order valence-electron chi connectivity index (χ4n) is 1.26. The maximum absolute atomic E-state index is 11.0. The Hall–Kier alpha value is -2.04. The first kappa shape index (κ1) is 12.0. The maximum Gasteiger partial charge on any atom is 0.411 e. The van der Waals surface area contributed by atoms with Gasteiger partial charge in [-0.1, -0.05) is 18.2 Å². The van der Waals surface area contributed by atoms with E-state index in [1.165, 1.54) is 7.11 Å². The van der Waals surface area contributed by atoms with E-state index in [2.05, 4.69) is 10.1 Å². The maximum atomic E-state index is 11.0. The number of carboxylic acid groups (broad SMARTS) is 1. The number of ether oxygens (including phenoxy) is 1. The number of hydrogen-bond donors (Lipinski definition) is 2. The molecule has 0 heterocycles. The molecule has 0 aliphatic heterocycles. The van der Waals surface area contributed by atoms with Gasteiger partial charge in [-0.15, -0.1) is 0 Å². The SMILES string of the molecule is COC(=O)Nc1ccccc1CCC(=O)O. The molecular formula is C11H13NO4. The number of methoxy groups -OCH3 is 1. The Morgan fingerprint density at radius 3 is 2.69 bits per heavy atom. The van der Waals surface area contributed by atoms with Crippen molar-refractivity contribution in [1.82, 2.24) is 0 Å². The van der Waals surface area contributed by atoms with Crippen molar-refractivity contribution in [2.45, 2.75) is 12.8 Å². The number of carbonyl (C=O) groups is 2. The average Bonchev–Trinajstić information content (AvgIpc) is 2.27. The highest BCUT2D eigenvalue weighted by Gasteiger charge is 2.07. The zero-order chi connectivity index (χ0) is 12.0. The van der Waals surface area contributed by atoms with Crippen LogP contribution in [0.4, 0.5) is 10.5 Å². The summed E-state index contributed by atoms with van der Waals surface area (Å²) >= 11 is 0. The molecule has 0 unspecified atom stereocenters. The van der Waals surface area contributed by atoms with Gasteiger partial charge in [0.25, 0.3) is 0 Å². The first-order chi connectivity index (χ1) is 7.63. The van der Waals surface area contributed by atoms with E-state index in [1.54, 1.807) is 24.3 Å². The Morgan fingerprint density at radius 2 is 2.06 bits per heavy atom. The van der Waals surface area contributed by atoms with E-state index in [9.17, 15) is 9.59 Å². The van der Waals surface area contributed by atoms with Gasteiger partial charge in [0, 0.05) is 12.1 Å². The van der Waals surface area contributed by atoms with Crippen LogP contribution in [0.15, 0.2) is 24.3 Å². The summed E-state index contributed by atoms with van der Waals surface area (Å²) in [6, 6.07) is 7.03. The zero-order valence-corrected chi connectivity index (χ0v) is 8.90. The van der Waals surface area contributed by atoms with E-state index in [-0.39, 0.29) is 6.42 Å². The molecule has 0 spiro atoms. The molecule has 86 valence electrons. The van der Waals surface area contributed by atoms with Gasteiger partial charge in [0.2, 0.25) is 0 Å². The average molecular weight is 223 g/mol. The second kappa shape index (κ2) is 5.75. The lowest BCUT2D eigenvalue weighted by Crippen LogP contribution is -2.12. The Labute approximate surface area is 93.0 Å². The molecule has 2 N–H and O–H groups in total. The van der Waals surface area contributed by atoms with Crippen LogP contribution in [0, 0.1) is 0 Å². The molecule has 0 atom stereocenters. The van der Waals surface area contributed by atoms with E-state index >= 15 is 0 Å². The molecule has 0 bridgehead atoms. The summed E-state index contributed by atoms with van der Waals surface area (Å²) in [4.78, 5) is 21.5. The Morgan fingerprint density at radius 1 is 1.38 bits per heavy atom. The lowest BCUT2D eigenvalue weighted by Gasteiger charge is -2.08. The predicted molar refractivity (Wildman–Crippen MR) is 58.4 cm³/mol. The highest BCUT2D eigenvalue weighted by Crippen LogP contribution is 2.16. The van der Waals surface area contributed by atoms with Crippen molar-refractivity contribution < 1.29 is 19.4 Å². The van der Waals surface area contributed by atoms with Crippen molar-refractivity contribution in [3.8, 4) is 0 Å². The van der Waals surface area contributed by atoms with Crippen LogP contribution in [-0.4, -0.2) is 24.3 Å². The third-order valence-corrected chi connectivity index (χ3v) is 2.05. The quantitative estimate of drug-likeness (QED) is 0.817. The van der Waals surface area contributed by atoms with E-state index < -0.39 is 12.1 Å². The van der Waals surface area contributed by atoms with Gasteiger partial charge in [-0.25, -0.2) is 4.79 Å². The van der Waals surface area contributed by atoms with E-state index in [4.69, 9.17) is 5.11 Å². The number of para-hydroxylation sites is 1. The molecular weight excluding hydrogens is 210 g/mol. The van der Waals surface area contributed by atoms with Gasteiger partial charge in [0.05, 0.1) is 7.11 Å². The molecule has 1 amide bonds. The molecule has 1 aromatic rings. The van der Waals surface area contributed by atoms with Crippen molar-refractivity contribution in [3.05, 3.63) is 29.8 Å². The molecule has 0 saturated carbocycles. The lowest BCUT2D eigenvalue weighted by molar-refractivity contribution is -0.136. The highest BCUT2D eigenvalue weighted by molar-refractivity contribution is 5.85. The summed E-state index contributed by atoms with van der Waals surface area (Å²) in [5, 5.41) is 11.1. The lowest BCUT2D eigenvalue weighted by atomic mass is 10.1. The Balaban J connectivity index is 2.74. The normalized spacial score (nSPS) is 9.56. The molecule has 5 heteroatoms. The number of aryl methyl sites for hydroxylation is 1. The molecule has 0 radical (unpaired) electrons. The van der Waals surface area contributed by atoms with Crippen molar-refractivity contribution in [2.75, 3.05) is 12.4 Å². The number of carboxylic acids is 1. The number of anilines is 1. The van der Waals surface area contributed by atoms with Crippen LogP contribution >= 0.6 is 0 Å². The summed E-state index contributed by atoms with van der Waals surface area (Å²) in [6.07, 6.45) is -0.169. The monoisotopic (exact) mass is 223 g/mol. The minimum atomic E-state index is -0.868. The van der Waals surface area contributed by atoms with Crippen LogP contribution in [0.1, 0.15) is 12.0 Å². The summed E-state index contributed by atoms with van der Waals surface area (Å²) in [6.45, 7) is 0. The highest BCUT2D eigenvalue weighted by atomic mass is 16.5. The van der Waals surface area contributed by atoms with Crippen molar-refractivity contribution in [3.63, 3.8) is 0 Å².